The van der Waals surface area contributed by atoms with Gasteiger partial charge >= 0.3 is 6.36 Å². The predicted molar refractivity (Wildman–Crippen MR) is 52.9 cm³/mol. The second kappa shape index (κ2) is 4.63. The molecule has 0 fully saturated rings. The first kappa shape index (κ1) is 13.3. The van der Waals surface area contributed by atoms with Gasteiger partial charge in [-0.05, 0) is 19.1 Å². The summed E-state index contributed by atoms with van der Waals surface area (Å²) in [5.74, 6) is -1.21. The van der Waals surface area contributed by atoms with Gasteiger partial charge in [0.1, 0.15) is 11.8 Å². The number of rotatable bonds is 2. The van der Waals surface area contributed by atoms with Gasteiger partial charge in [-0.1, -0.05) is 11.6 Å². The lowest BCUT2D eigenvalue weighted by molar-refractivity contribution is -0.274. The highest BCUT2D eigenvalue weighted by Crippen LogP contribution is 2.30. The molecule has 17 heavy (non-hydrogen) atoms. The Balaban J connectivity index is 3.32. The molecule has 0 N–H and O–H groups in total. The van der Waals surface area contributed by atoms with Gasteiger partial charge in [-0.2, -0.15) is 5.26 Å². The molecule has 0 spiro atoms. The Morgan fingerprint density at radius 1 is 1.47 bits per heavy atom. The number of alkyl halides is 3. The fourth-order valence-corrected chi connectivity index (χ4v) is 1.41. The fourth-order valence-electron chi connectivity index (χ4n) is 1.13. The number of Topliss-reactive ketones (excluding diaryl/α,β-unsaturated/α-hetero) is 1. The van der Waals surface area contributed by atoms with Crippen LogP contribution in [0.1, 0.15) is 22.8 Å². The van der Waals surface area contributed by atoms with Crippen LogP contribution in [0.5, 0.6) is 5.75 Å². The smallest absolute Gasteiger partial charge is 0.406 e. The highest BCUT2D eigenvalue weighted by atomic mass is 35.5. The minimum atomic E-state index is -4.89. The van der Waals surface area contributed by atoms with Crippen LogP contribution in [-0.2, 0) is 0 Å². The molecule has 90 valence electrons. The molecular formula is C10H5ClF3NO2. The van der Waals surface area contributed by atoms with E-state index in [1.54, 1.807) is 6.07 Å². The Morgan fingerprint density at radius 2 is 2.06 bits per heavy atom. The number of hydrogen-bond donors (Lipinski definition) is 0. The Morgan fingerprint density at radius 3 is 2.47 bits per heavy atom. The molecule has 0 unspecified atom stereocenters. The normalized spacial score (nSPS) is 10.8. The molecule has 0 aliphatic heterocycles. The van der Waals surface area contributed by atoms with Crippen LogP contribution < -0.4 is 4.74 Å². The molecular weight excluding hydrogens is 259 g/mol. The Labute approximate surface area is 99.4 Å². The van der Waals surface area contributed by atoms with E-state index in [1.165, 1.54) is 0 Å². The summed E-state index contributed by atoms with van der Waals surface area (Å²) in [5.41, 5.74) is -0.441. The minimum Gasteiger partial charge on any atom is -0.406 e. The van der Waals surface area contributed by atoms with E-state index in [4.69, 9.17) is 16.9 Å². The van der Waals surface area contributed by atoms with Crippen LogP contribution in [0.2, 0.25) is 5.02 Å². The van der Waals surface area contributed by atoms with Crippen molar-refractivity contribution in [3.63, 3.8) is 0 Å². The molecule has 0 atom stereocenters. The monoisotopic (exact) mass is 263 g/mol. The maximum Gasteiger partial charge on any atom is 0.573 e. The van der Waals surface area contributed by atoms with E-state index in [1.807, 2.05) is 0 Å². The highest BCUT2D eigenvalue weighted by Gasteiger charge is 2.31. The highest BCUT2D eigenvalue weighted by molar-refractivity contribution is 6.35. The summed E-state index contributed by atoms with van der Waals surface area (Å²) in [6, 6.07) is 3.25. The first-order valence-electron chi connectivity index (χ1n) is 4.25. The topological polar surface area (TPSA) is 50.1 Å². The molecule has 3 nitrogen and oxygen atoms in total. The zero-order valence-electron chi connectivity index (χ0n) is 8.43. The summed E-state index contributed by atoms with van der Waals surface area (Å²) in [4.78, 5) is 11.1. The lowest BCUT2D eigenvalue weighted by Gasteiger charge is -2.11. The van der Waals surface area contributed by atoms with E-state index < -0.39 is 17.9 Å². The first-order valence-corrected chi connectivity index (χ1v) is 4.62. The van der Waals surface area contributed by atoms with Gasteiger partial charge in [-0.25, -0.2) is 0 Å². The van der Waals surface area contributed by atoms with E-state index >= 15 is 0 Å². The summed E-state index contributed by atoms with van der Waals surface area (Å²) in [6.45, 7) is 1.12. The molecule has 1 aromatic rings. The van der Waals surface area contributed by atoms with E-state index in [-0.39, 0.29) is 16.1 Å². The van der Waals surface area contributed by atoms with Gasteiger partial charge in [0.15, 0.2) is 5.78 Å². The van der Waals surface area contributed by atoms with Gasteiger partial charge in [0.25, 0.3) is 0 Å². The van der Waals surface area contributed by atoms with Crippen molar-refractivity contribution in [1.29, 1.82) is 5.26 Å². The predicted octanol–water partition coefficient (Wildman–Crippen LogP) is 3.31. The van der Waals surface area contributed by atoms with Crippen LogP contribution in [0.3, 0.4) is 0 Å². The summed E-state index contributed by atoms with van der Waals surface area (Å²) in [6.07, 6.45) is -4.89. The van der Waals surface area contributed by atoms with Crippen molar-refractivity contribution in [3.05, 3.63) is 28.3 Å². The van der Waals surface area contributed by atoms with E-state index in [9.17, 15) is 18.0 Å². The molecule has 0 amide bonds. The maximum absolute atomic E-state index is 12.0. The molecule has 0 aliphatic carbocycles. The summed E-state index contributed by atoms with van der Waals surface area (Å²) >= 11 is 5.67. The Bertz CT molecular complexity index is 505. The number of nitrogens with zero attached hydrogens (tertiary/aromatic N) is 1. The van der Waals surface area contributed by atoms with E-state index in [0.717, 1.165) is 19.1 Å². The van der Waals surface area contributed by atoms with Gasteiger partial charge in [-0.3, -0.25) is 4.79 Å². The summed E-state index contributed by atoms with van der Waals surface area (Å²) in [7, 11) is 0. The third-order valence-corrected chi connectivity index (χ3v) is 2.19. The van der Waals surface area contributed by atoms with Gasteiger partial charge in [0.05, 0.1) is 10.6 Å². The van der Waals surface area contributed by atoms with Crippen LogP contribution in [0, 0.1) is 11.3 Å². The molecule has 0 radical (unpaired) electrons. The van der Waals surface area contributed by atoms with Gasteiger partial charge in [0.2, 0.25) is 0 Å². The molecule has 0 saturated carbocycles. The second-order valence-electron chi connectivity index (χ2n) is 3.05. The molecule has 0 bridgehead atoms. The van der Waals surface area contributed by atoms with Crippen LogP contribution in [-0.4, -0.2) is 12.1 Å². The second-order valence-corrected chi connectivity index (χ2v) is 3.43. The SMILES string of the molecule is CC(=O)c1cc(OC(F)(F)F)cc(C#N)c1Cl. The maximum atomic E-state index is 12.0. The molecule has 1 rings (SSSR count). The Kier molecular flexibility index (Phi) is 3.63. The van der Waals surface area contributed by atoms with Gasteiger partial charge in [-0.15, -0.1) is 13.2 Å². The third-order valence-electron chi connectivity index (χ3n) is 1.78. The third kappa shape index (κ3) is 3.36. The number of halogens is 4. The first-order chi connectivity index (χ1) is 7.74. The lowest BCUT2D eigenvalue weighted by atomic mass is 10.1. The molecule has 0 saturated heterocycles. The Hall–Kier alpha value is -1.74. The molecule has 7 heteroatoms. The van der Waals surface area contributed by atoms with Crippen LogP contribution in [0.25, 0.3) is 0 Å². The number of nitriles is 1. The summed E-state index contributed by atoms with van der Waals surface area (Å²) in [5, 5.41) is 8.48. The molecule has 0 aliphatic rings. The van der Waals surface area contributed by atoms with Crippen molar-refractivity contribution in [3.8, 4) is 11.8 Å². The van der Waals surface area contributed by atoms with Crippen LogP contribution in [0.4, 0.5) is 13.2 Å². The molecule has 1 aromatic carbocycles. The number of ketones is 1. The van der Waals surface area contributed by atoms with E-state index in [2.05, 4.69) is 4.74 Å². The minimum absolute atomic E-state index is 0.186. The average Bonchev–Trinajstić information content (AvgIpc) is 2.17. The number of carbonyl (C=O) groups is 1. The van der Waals surface area contributed by atoms with Gasteiger partial charge < -0.3 is 4.74 Å². The zero-order valence-corrected chi connectivity index (χ0v) is 9.19. The zero-order chi connectivity index (χ0) is 13.2. The summed E-state index contributed by atoms with van der Waals surface area (Å²) < 4.78 is 39.6. The number of benzene rings is 1. The van der Waals surface area contributed by atoms with Crippen molar-refractivity contribution in [2.24, 2.45) is 0 Å². The number of ether oxygens (including phenoxy) is 1. The number of hydrogen-bond acceptors (Lipinski definition) is 3. The lowest BCUT2D eigenvalue weighted by Crippen LogP contribution is -2.17. The average molecular weight is 264 g/mol. The van der Waals surface area contributed by atoms with Crippen molar-refractivity contribution in [2.75, 3.05) is 0 Å². The van der Waals surface area contributed by atoms with Crippen LogP contribution >= 0.6 is 11.6 Å². The number of carbonyl (C=O) groups excluding carboxylic acids is 1. The quantitative estimate of drug-likeness (QED) is 0.769. The standard InChI is InChI=1S/C10H5ClF3NO2/c1-5(16)8-3-7(17-10(12,13)14)2-6(4-15)9(8)11/h2-3H,1H3. The molecule has 0 aromatic heterocycles. The van der Waals surface area contributed by atoms with Crippen molar-refractivity contribution < 1.29 is 22.7 Å². The largest absolute Gasteiger partial charge is 0.573 e. The van der Waals surface area contributed by atoms with Crippen LogP contribution in [0.15, 0.2) is 12.1 Å². The van der Waals surface area contributed by atoms with Crippen molar-refractivity contribution in [2.45, 2.75) is 13.3 Å². The van der Waals surface area contributed by atoms with Crippen molar-refractivity contribution in [1.82, 2.24) is 0 Å². The molecule has 0 heterocycles. The van der Waals surface area contributed by atoms with Gasteiger partial charge in [0, 0.05) is 5.56 Å². The fraction of sp³-hybridized carbons (Fsp3) is 0.200. The van der Waals surface area contributed by atoms with Crippen molar-refractivity contribution >= 4 is 17.4 Å². The van der Waals surface area contributed by atoms with E-state index in [0.29, 0.717) is 0 Å².